The molecule has 27 heavy (non-hydrogen) atoms. The molecule has 7 heteroatoms. The van der Waals surface area contributed by atoms with Crippen molar-refractivity contribution in [2.45, 2.75) is 25.2 Å². The van der Waals surface area contributed by atoms with Crippen molar-refractivity contribution in [3.8, 4) is 11.8 Å². The number of benzene rings is 2. The first-order valence-corrected chi connectivity index (χ1v) is 8.44. The van der Waals surface area contributed by atoms with E-state index in [0.717, 1.165) is 5.56 Å². The molecular weight excluding hydrogens is 348 g/mol. The van der Waals surface area contributed by atoms with Gasteiger partial charge in [0, 0.05) is 6.54 Å². The van der Waals surface area contributed by atoms with Crippen LogP contribution in [-0.4, -0.2) is 36.1 Å². The lowest BCUT2D eigenvalue weighted by Gasteiger charge is -2.19. The fourth-order valence-electron chi connectivity index (χ4n) is 2.47. The highest BCUT2D eigenvalue weighted by molar-refractivity contribution is 5.67. The molecule has 1 amide bonds. The Hall–Kier alpha value is -3.08. The quantitative estimate of drug-likeness (QED) is 0.657. The van der Waals surface area contributed by atoms with Crippen LogP contribution in [0.25, 0.3) is 0 Å². The summed E-state index contributed by atoms with van der Waals surface area (Å²) in [4.78, 5) is 11.7. The van der Waals surface area contributed by atoms with E-state index in [2.05, 4.69) is 5.32 Å². The fraction of sp³-hybridized carbons (Fsp3) is 0.300. The number of nitrogens with zero attached hydrogens (tertiary/aromatic N) is 1. The van der Waals surface area contributed by atoms with E-state index in [4.69, 9.17) is 14.7 Å². The van der Waals surface area contributed by atoms with Crippen molar-refractivity contribution in [2.24, 2.45) is 0 Å². The van der Waals surface area contributed by atoms with E-state index >= 15 is 0 Å². The maximum atomic E-state index is 11.7. The van der Waals surface area contributed by atoms with E-state index < -0.39 is 18.3 Å². The number of carbonyl (C=O) groups excluding carboxylic acids is 1. The van der Waals surface area contributed by atoms with Crippen molar-refractivity contribution in [3.05, 3.63) is 65.2 Å². The van der Waals surface area contributed by atoms with Crippen LogP contribution in [0.2, 0.25) is 0 Å². The zero-order chi connectivity index (χ0) is 19.6. The molecule has 0 saturated heterocycles. The summed E-state index contributed by atoms with van der Waals surface area (Å²) in [5, 5.41) is 32.0. The molecule has 0 aliphatic heterocycles. The second-order valence-electron chi connectivity index (χ2n) is 5.86. The molecule has 3 N–H and O–H groups in total. The largest absolute Gasteiger partial charge is 0.495 e. The van der Waals surface area contributed by atoms with Crippen LogP contribution in [0, 0.1) is 11.3 Å². The second-order valence-corrected chi connectivity index (χ2v) is 5.86. The maximum absolute atomic E-state index is 11.7. The molecule has 0 aliphatic carbocycles. The summed E-state index contributed by atoms with van der Waals surface area (Å²) in [7, 11) is 1.45. The number of aliphatic hydroxyl groups excluding tert-OH is 2. The predicted octanol–water partition coefficient (Wildman–Crippen LogP) is 2.28. The summed E-state index contributed by atoms with van der Waals surface area (Å²) >= 11 is 0. The third-order valence-corrected chi connectivity index (χ3v) is 3.97. The molecule has 0 radical (unpaired) electrons. The molecule has 2 unspecified atom stereocenters. The van der Waals surface area contributed by atoms with Gasteiger partial charge >= 0.3 is 6.09 Å². The van der Waals surface area contributed by atoms with Gasteiger partial charge in [0.2, 0.25) is 0 Å². The molecule has 0 heterocycles. The number of nitriles is 1. The highest BCUT2D eigenvalue weighted by Crippen LogP contribution is 2.25. The lowest BCUT2D eigenvalue weighted by Crippen LogP contribution is -2.29. The van der Waals surface area contributed by atoms with Gasteiger partial charge in [0.15, 0.2) is 0 Å². The van der Waals surface area contributed by atoms with Crippen LogP contribution < -0.4 is 10.1 Å². The van der Waals surface area contributed by atoms with Crippen molar-refractivity contribution >= 4 is 6.09 Å². The van der Waals surface area contributed by atoms with E-state index in [9.17, 15) is 15.0 Å². The molecule has 0 aromatic heterocycles. The zero-order valence-corrected chi connectivity index (χ0v) is 15.0. The first kappa shape index (κ1) is 20.2. The number of amides is 1. The Morgan fingerprint density at radius 1 is 1.22 bits per heavy atom. The first-order valence-electron chi connectivity index (χ1n) is 8.44. The summed E-state index contributed by atoms with van der Waals surface area (Å²) in [6, 6.07) is 15.8. The third-order valence-electron chi connectivity index (χ3n) is 3.97. The molecule has 0 fully saturated rings. The molecule has 2 rings (SSSR count). The predicted molar refractivity (Wildman–Crippen MR) is 97.9 cm³/mol. The molecule has 142 valence electrons. The van der Waals surface area contributed by atoms with Gasteiger partial charge in [-0.05, 0) is 29.7 Å². The number of methoxy groups -OCH3 is 1. The van der Waals surface area contributed by atoms with E-state index in [1.165, 1.54) is 13.2 Å². The summed E-state index contributed by atoms with van der Waals surface area (Å²) in [6.07, 6.45) is -2.78. The van der Waals surface area contributed by atoms with Gasteiger partial charge in [-0.2, -0.15) is 5.26 Å². The normalized spacial score (nSPS) is 12.5. The van der Waals surface area contributed by atoms with Crippen LogP contribution in [-0.2, 0) is 11.3 Å². The molecule has 0 saturated carbocycles. The smallest absolute Gasteiger partial charge is 0.407 e. The van der Waals surface area contributed by atoms with Gasteiger partial charge in [-0.25, -0.2) is 4.79 Å². The minimum absolute atomic E-state index is 0.121. The molecule has 0 spiro atoms. The fourth-order valence-corrected chi connectivity index (χ4v) is 2.47. The van der Waals surface area contributed by atoms with E-state index in [1.54, 1.807) is 12.1 Å². The standard InChI is InChI=1S/C20H22N2O5/c1-26-18-8-7-15(11-16(18)12-21)19(24)17(23)9-10-22-20(25)27-13-14-5-3-2-4-6-14/h2-8,11,17,19,23-24H,9-10,13H2,1H3,(H,22,25). The summed E-state index contributed by atoms with van der Waals surface area (Å²) in [5.41, 5.74) is 1.53. The van der Waals surface area contributed by atoms with Crippen LogP contribution in [0.5, 0.6) is 5.75 Å². The average Bonchev–Trinajstić information content (AvgIpc) is 2.71. The maximum Gasteiger partial charge on any atom is 0.407 e. The van der Waals surface area contributed by atoms with E-state index in [0.29, 0.717) is 11.3 Å². The Labute approximate surface area is 157 Å². The number of hydrogen-bond donors (Lipinski definition) is 3. The number of rotatable bonds is 8. The monoisotopic (exact) mass is 370 g/mol. The molecule has 2 aromatic carbocycles. The van der Waals surface area contributed by atoms with Gasteiger partial charge in [0.05, 0.1) is 18.8 Å². The molecular formula is C20H22N2O5. The summed E-state index contributed by atoms with van der Waals surface area (Å²) in [6.45, 7) is 0.285. The number of alkyl carbamates (subject to hydrolysis) is 1. The van der Waals surface area contributed by atoms with Crippen LogP contribution in [0.1, 0.15) is 29.2 Å². The van der Waals surface area contributed by atoms with Gasteiger partial charge in [0.1, 0.15) is 24.5 Å². The van der Waals surface area contributed by atoms with Crippen molar-refractivity contribution in [3.63, 3.8) is 0 Å². The van der Waals surface area contributed by atoms with Crippen LogP contribution in [0.4, 0.5) is 4.79 Å². The van der Waals surface area contributed by atoms with Crippen LogP contribution in [0.15, 0.2) is 48.5 Å². The van der Waals surface area contributed by atoms with Crippen LogP contribution >= 0.6 is 0 Å². The Kier molecular flexibility index (Phi) is 7.62. The van der Waals surface area contributed by atoms with E-state index in [-0.39, 0.29) is 25.1 Å². The van der Waals surface area contributed by atoms with Crippen molar-refractivity contribution in [1.82, 2.24) is 5.32 Å². The minimum Gasteiger partial charge on any atom is -0.495 e. The van der Waals surface area contributed by atoms with Crippen LogP contribution in [0.3, 0.4) is 0 Å². The Morgan fingerprint density at radius 2 is 1.96 bits per heavy atom. The topological polar surface area (TPSA) is 112 Å². The number of carbonyl (C=O) groups is 1. The Morgan fingerprint density at radius 3 is 2.63 bits per heavy atom. The molecule has 7 nitrogen and oxygen atoms in total. The second kappa shape index (κ2) is 10.2. The van der Waals surface area contributed by atoms with Gasteiger partial charge in [0.25, 0.3) is 0 Å². The molecule has 2 atom stereocenters. The van der Waals surface area contributed by atoms with Crippen molar-refractivity contribution in [1.29, 1.82) is 5.26 Å². The van der Waals surface area contributed by atoms with Gasteiger partial charge in [-0.3, -0.25) is 0 Å². The summed E-state index contributed by atoms with van der Waals surface area (Å²) in [5.74, 6) is 0.394. The van der Waals surface area contributed by atoms with Gasteiger partial charge < -0.3 is 25.0 Å². The molecule has 0 bridgehead atoms. The zero-order valence-electron chi connectivity index (χ0n) is 15.0. The Balaban J connectivity index is 1.78. The minimum atomic E-state index is -1.19. The Bertz CT molecular complexity index is 789. The number of aliphatic hydroxyl groups is 2. The average molecular weight is 370 g/mol. The van der Waals surface area contributed by atoms with Crippen molar-refractivity contribution in [2.75, 3.05) is 13.7 Å². The molecule has 2 aromatic rings. The number of ether oxygens (including phenoxy) is 2. The number of nitrogens with one attached hydrogen (secondary N) is 1. The lowest BCUT2D eigenvalue weighted by molar-refractivity contribution is 0.0136. The highest BCUT2D eigenvalue weighted by Gasteiger charge is 2.20. The summed E-state index contributed by atoms with van der Waals surface area (Å²) < 4.78 is 10.1. The SMILES string of the molecule is COc1ccc(C(O)C(O)CCNC(=O)OCc2ccccc2)cc1C#N. The number of hydrogen-bond acceptors (Lipinski definition) is 6. The lowest BCUT2D eigenvalue weighted by atomic mass is 10.00. The highest BCUT2D eigenvalue weighted by atomic mass is 16.5. The third kappa shape index (κ3) is 5.99. The first-order chi connectivity index (χ1) is 13.0. The van der Waals surface area contributed by atoms with Gasteiger partial charge in [-0.1, -0.05) is 36.4 Å². The molecule has 0 aliphatic rings. The van der Waals surface area contributed by atoms with Gasteiger partial charge in [-0.15, -0.1) is 0 Å². The van der Waals surface area contributed by atoms with E-state index in [1.807, 2.05) is 36.4 Å². The van der Waals surface area contributed by atoms with Crippen molar-refractivity contribution < 1.29 is 24.5 Å².